The number of nitrogens with zero attached hydrogens (tertiary/aromatic N) is 1. The smallest absolute Gasteiger partial charge is 0.345 e. The summed E-state index contributed by atoms with van der Waals surface area (Å²) in [5, 5.41) is 17.5. The van der Waals surface area contributed by atoms with Gasteiger partial charge in [-0.15, -0.1) is 11.3 Å². The third kappa shape index (κ3) is 1.92. The number of aromatic nitrogens is 3. The van der Waals surface area contributed by atoms with Gasteiger partial charge in [0.25, 0.3) is 0 Å². The normalized spacial score (nSPS) is 11.5. The number of H-pyrrole nitrogens is 2. The van der Waals surface area contributed by atoms with Gasteiger partial charge in [0, 0.05) is 10.9 Å². The first-order valence-corrected chi connectivity index (χ1v) is 7.80. The number of carbonyl (C=O) groups is 1. The molecule has 3 heterocycles. The maximum Gasteiger partial charge on any atom is 0.345 e. The van der Waals surface area contributed by atoms with Crippen molar-refractivity contribution in [2.45, 2.75) is 13.3 Å². The lowest BCUT2D eigenvalue weighted by molar-refractivity contribution is 0.0702. The van der Waals surface area contributed by atoms with E-state index in [1.807, 2.05) is 0 Å². The van der Waals surface area contributed by atoms with Crippen LogP contribution in [0.15, 0.2) is 30.3 Å². The average molecular weight is 311 g/mol. The molecular formula is C16H13N3O2S. The maximum absolute atomic E-state index is 11.1. The van der Waals surface area contributed by atoms with E-state index in [-0.39, 0.29) is 0 Å². The van der Waals surface area contributed by atoms with Gasteiger partial charge in [-0.3, -0.25) is 5.10 Å². The van der Waals surface area contributed by atoms with Crippen molar-refractivity contribution in [2.24, 2.45) is 0 Å². The van der Waals surface area contributed by atoms with E-state index in [4.69, 9.17) is 5.11 Å². The van der Waals surface area contributed by atoms with Crippen LogP contribution in [-0.4, -0.2) is 26.3 Å². The Morgan fingerprint density at radius 3 is 2.91 bits per heavy atom. The van der Waals surface area contributed by atoms with Gasteiger partial charge in [0.1, 0.15) is 10.6 Å². The number of carboxylic acid groups (broad SMARTS) is 1. The van der Waals surface area contributed by atoms with Crippen LogP contribution in [0.5, 0.6) is 0 Å². The fourth-order valence-electron chi connectivity index (χ4n) is 2.63. The van der Waals surface area contributed by atoms with Crippen LogP contribution in [0.25, 0.3) is 32.5 Å². The van der Waals surface area contributed by atoms with E-state index in [0.717, 1.165) is 38.9 Å². The summed E-state index contributed by atoms with van der Waals surface area (Å²) in [7, 11) is 0. The van der Waals surface area contributed by atoms with Gasteiger partial charge in [-0.25, -0.2) is 4.79 Å². The fraction of sp³-hybridized carbons (Fsp3) is 0.125. The van der Waals surface area contributed by atoms with Crippen LogP contribution in [0, 0.1) is 0 Å². The molecule has 0 aliphatic heterocycles. The molecule has 0 bridgehead atoms. The van der Waals surface area contributed by atoms with Crippen LogP contribution in [-0.2, 0) is 6.42 Å². The third-order valence-electron chi connectivity index (χ3n) is 3.79. The molecule has 3 N–H and O–H groups in total. The SMILES string of the molecule is CCc1ccc2[nH]c(-c3n[nH]c4cc(C(=O)O)sc34)cc2c1. The lowest BCUT2D eigenvalue weighted by Crippen LogP contribution is -1.90. The van der Waals surface area contributed by atoms with Crippen LogP contribution < -0.4 is 0 Å². The van der Waals surface area contributed by atoms with E-state index in [2.05, 4.69) is 46.4 Å². The molecule has 4 rings (SSSR count). The number of fused-ring (bicyclic) bond motifs is 2. The van der Waals surface area contributed by atoms with Gasteiger partial charge in [-0.1, -0.05) is 13.0 Å². The molecule has 0 radical (unpaired) electrons. The molecule has 0 spiro atoms. The second-order valence-electron chi connectivity index (χ2n) is 5.19. The molecule has 0 atom stereocenters. The summed E-state index contributed by atoms with van der Waals surface area (Å²) in [6, 6.07) is 10.0. The van der Waals surface area contributed by atoms with Crippen molar-refractivity contribution >= 4 is 38.4 Å². The second kappa shape index (κ2) is 4.71. The Balaban J connectivity index is 1.88. The average Bonchev–Trinajstić information content (AvgIpc) is 3.18. The standard InChI is InChI=1S/C16H13N3O2S/c1-2-8-3-4-10-9(5-8)6-11(17-10)14-15-12(18-19-14)7-13(22-15)16(20)21/h3-7,17H,2H2,1H3,(H,18,19)(H,20,21). The van der Waals surface area contributed by atoms with Crippen molar-refractivity contribution in [3.8, 4) is 11.4 Å². The van der Waals surface area contributed by atoms with E-state index in [9.17, 15) is 4.79 Å². The molecule has 3 aromatic heterocycles. The molecule has 0 saturated heterocycles. The number of hydrogen-bond donors (Lipinski definition) is 3. The first-order valence-electron chi connectivity index (χ1n) is 6.99. The fourth-order valence-corrected chi connectivity index (χ4v) is 3.59. The number of rotatable bonds is 3. The third-order valence-corrected chi connectivity index (χ3v) is 4.92. The molecular weight excluding hydrogens is 298 g/mol. The molecule has 0 amide bonds. The van der Waals surface area contributed by atoms with E-state index < -0.39 is 5.97 Å². The highest BCUT2D eigenvalue weighted by atomic mass is 32.1. The van der Waals surface area contributed by atoms with Crippen LogP contribution >= 0.6 is 11.3 Å². The van der Waals surface area contributed by atoms with Crippen molar-refractivity contribution in [1.29, 1.82) is 0 Å². The predicted octanol–water partition coefficient (Wildman–Crippen LogP) is 4.03. The van der Waals surface area contributed by atoms with Gasteiger partial charge in [-0.05, 0) is 36.2 Å². The zero-order valence-corrected chi connectivity index (χ0v) is 12.6. The Morgan fingerprint density at radius 1 is 1.27 bits per heavy atom. The molecule has 0 saturated carbocycles. The summed E-state index contributed by atoms with van der Waals surface area (Å²) < 4.78 is 0.861. The molecule has 5 nitrogen and oxygen atoms in total. The van der Waals surface area contributed by atoms with Crippen molar-refractivity contribution in [1.82, 2.24) is 15.2 Å². The number of thiophene rings is 1. The van der Waals surface area contributed by atoms with Crippen LogP contribution in [0.1, 0.15) is 22.2 Å². The summed E-state index contributed by atoms with van der Waals surface area (Å²) >= 11 is 1.24. The maximum atomic E-state index is 11.1. The van der Waals surface area contributed by atoms with E-state index >= 15 is 0 Å². The molecule has 6 heteroatoms. The summed E-state index contributed by atoms with van der Waals surface area (Å²) in [4.78, 5) is 14.8. The zero-order valence-electron chi connectivity index (χ0n) is 11.8. The Labute approximate surface area is 129 Å². The molecule has 110 valence electrons. The first-order chi connectivity index (χ1) is 10.7. The number of carboxylic acids is 1. The van der Waals surface area contributed by atoms with Gasteiger partial charge >= 0.3 is 5.97 Å². The Hall–Kier alpha value is -2.60. The largest absolute Gasteiger partial charge is 0.477 e. The number of nitrogens with one attached hydrogen (secondary N) is 2. The Bertz CT molecular complexity index is 1010. The molecule has 1 aromatic carbocycles. The Kier molecular flexibility index (Phi) is 2.80. The van der Waals surface area contributed by atoms with Gasteiger partial charge in [0.15, 0.2) is 0 Å². The van der Waals surface area contributed by atoms with Gasteiger partial charge in [-0.2, -0.15) is 5.10 Å². The summed E-state index contributed by atoms with van der Waals surface area (Å²) in [6.45, 7) is 2.13. The minimum absolute atomic E-state index is 0.314. The summed E-state index contributed by atoms with van der Waals surface area (Å²) in [6.07, 6.45) is 0.996. The molecule has 4 aromatic rings. The van der Waals surface area contributed by atoms with E-state index in [1.165, 1.54) is 16.9 Å². The summed E-state index contributed by atoms with van der Waals surface area (Å²) in [5.41, 5.74) is 4.76. The van der Waals surface area contributed by atoms with Gasteiger partial charge < -0.3 is 10.1 Å². The Morgan fingerprint density at radius 2 is 2.14 bits per heavy atom. The van der Waals surface area contributed by atoms with Crippen molar-refractivity contribution in [3.05, 3.63) is 40.8 Å². The lowest BCUT2D eigenvalue weighted by Gasteiger charge is -1.94. The zero-order chi connectivity index (χ0) is 15.3. The highest BCUT2D eigenvalue weighted by Gasteiger charge is 2.16. The quantitative estimate of drug-likeness (QED) is 0.534. The van der Waals surface area contributed by atoms with Crippen LogP contribution in [0.2, 0.25) is 0 Å². The number of aryl methyl sites for hydroxylation is 1. The van der Waals surface area contributed by atoms with Crippen LogP contribution in [0.4, 0.5) is 0 Å². The molecule has 0 unspecified atom stereocenters. The predicted molar refractivity (Wildman–Crippen MR) is 87.6 cm³/mol. The minimum Gasteiger partial charge on any atom is -0.477 e. The minimum atomic E-state index is -0.912. The van der Waals surface area contributed by atoms with Crippen molar-refractivity contribution in [2.75, 3.05) is 0 Å². The van der Waals surface area contributed by atoms with Crippen molar-refractivity contribution in [3.63, 3.8) is 0 Å². The highest BCUT2D eigenvalue weighted by molar-refractivity contribution is 7.21. The molecule has 0 aliphatic rings. The lowest BCUT2D eigenvalue weighted by atomic mass is 10.1. The number of aromatic amines is 2. The number of hydrogen-bond acceptors (Lipinski definition) is 3. The molecule has 0 aliphatic carbocycles. The number of aromatic carboxylic acids is 1. The molecule has 22 heavy (non-hydrogen) atoms. The number of benzene rings is 1. The summed E-state index contributed by atoms with van der Waals surface area (Å²) in [5.74, 6) is -0.912. The monoisotopic (exact) mass is 311 g/mol. The highest BCUT2D eigenvalue weighted by Crippen LogP contribution is 2.34. The van der Waals surface area contributed by atoms with Gasteiger partial charge in [0.2, 0.25) is 0 Å². The molecule has 0 fully saturated rings. The van der Waals surface area contributed by atoms with Gasteiger partial charge in [0.05, 0.1) is 15.9 Å². The first kappa shape index (κ1) is 13.1. The second-order valence-corrected chi connectivity index (χ2v) is 6.24. The van der Waals surface area contributed by atoms with E-state index in [0.29, 0.717) is 4.88 Å². The van der Waals surface area contributed by atoms with Crippen LogP contribution in [0.3, 0.4) is 0 Å². The van der Waals surface area contributed by atoms with E-state index in [1.54, 1.807) is 6.07 Å². The van der Waals surface area contributed by atoms with Crippen molar-refractivity contribution < 1.29 is 9.90 Å². The topological polar surface area (TPSA) is 81.8 Å².